The average molecular weight is 645 g/mol. The van der Waals surface area contributed by atoms with E-state index in [1.54, 1.807) is 6.07 Å². The maximum Gasteiger partial charge on any atom is 0.490 e. The largest absolute Gasteiger partial charge is 0.490 e. The Morgan fingerprint density at radius 3 is 2.46 bits per heavy atom. The third kappa shape index (κ3) is 9.83. The molecule has 1 aromatic carbocycles. The van der Waals surface area contributed by atoms with E-state index in [1.165, 1.54) is 24.4 Å². The maximum absolute atomic E-state index is 12.3. The number of rotatable bonds is 14. The molecule has 0 spiro atoms. The van der Waals surface area contributed by atoms with Gasteiger partial charge in [-0.2, -0.15) is 13.6 Å². The molecular formula is C18H26N5O15P3. The SMILES string of the molecule is NCCc1ccc(COC2C[C@H](n3ccc(N)nc3=O)O[C@@H]2COP(=O)(O)OP(=O)(O)OP(=O)(O)O)c([N+](=O)[O-])c1. The van der Waals surface area contributed by atoms with Gasteiger partial charge in [0.25, 0.3) is 5.69 Å². The van der Waals surface area contributed by atoms with Gasteiger partial charge in [0.1, 0.15) is 18.1 Å². The van der Waals surface area contributed by atoms with Crippen molar-refractivity contribution in [2.75, 3.05) is 18.9 Å². The zero-order valence-electron chi connectivity index (χ0n) is 20.8. The van der Waals surface area contributed by atoms with E-state index in [9.17, 15) is 38.4 Å². The minimum absolute atomic E-state index is 0.0772. The molecule has 228 valence electrons. The standard InChI is InChI=1S/C18H26N5O15P3/c19-5-3-11-1-2-12(13(7-11)23(25)26)9-34-14-8-17(22-6-4-16(20)21-18(22)24)36-15(14)10-35-40(30,31)38-41(32,33)37-39(27,28)29/h1-2,4,6-7,14-15,17H,3,5,8-10,19H2,(H,30,31)(H,32,33)(H2,20,21,24)(H2,27,28,29)/t14?,15-,17-/m1/s1. The van der Waals surface area contributed by atoms with Crippen LogP contribution in [0.1, 0.15) is 23.8 Å². The van der Waals surface area contributed by atoms with Crippen LogP contribution in [-0.2, 0) is 49.3 Å². The molecule has 0 bridgehead atoms. The van der Waals surface area contributed by atoms with Gasteiger partial charge in [-0.1, -0.05) is 6.07 Å². The first-order valence-electron chi connectivity index (χ1n) is 11.3. The summed E-state index contributed by atoms with van der Waals surface area (Å²) in [6.07, 6.45) is -1.87. The number of hydrogen-bond donors (Lipinski definition) is 6. The number of aromatic nitrogens is 2. The molecule has 1 aromatic heterocycles. The van der Waals surface area contributed by atoms with E-state index in [1.807, 2.05) is 0 Å². The lowest BCUT2D eigenvalue weighted by Gasteiger charge is -2.21. The predicted octanol–water partition coefficient (Wildman–Crippen LogP) is 0.451. The Balaban J connectivity index is 1.80. The summed E-state index contributed by atoms with van der Waals surface area (Å²) < 4.78 is 59.2. The molecule has 41 heavy (non-hydrogen) atoms. The van der Waals surface area contributed by atoms with Crippen LogP contribution in [0.5, 0.6) is 0 Å². The minimum atomic E-state index is -5.77. The van der Waals surface area contributed by atoms with E-state index in [2.05, 4.69) is 18.1 Å². The number of hydrogen-bond acceptors (Lipinski definition) is 14. The number of phosphoric ester groups is 1. The molecule has 1 aliphatic heterocycles. The average Bonchev–Trinajstić information content (AvgIpc) is 3.22. The Hall–Kier alpha value is -2.41. The number of nitro groups is 1. The number of nitrogen functional groups attached to an aromatic ring is 1. The van der Waals surface area contributed by atoms with E-state index in [4.69, 9.17) is 30.7 Å². The van der Waals surface area contributed by atoms with E-state index in [0.717, 1.165) is 4.57 Å². The zero-order chi connectivity index (χ0) is 30.6. The number of ether oxygens (including phenoxy) is 2. The fourth-order valence-corrected chi connectivity index (χ4v) is 6.76. The molecular weight excluding hydrogens is 619 g/mol. The molecule has 2 aromatic rings. The first-order valence-corrected chi connectivity index (χ1v) is 15.9. The summed E-state index contributed by atoms with van der Waals surface area (Å²) in [5.41, 5.74) is 10.7. The fourth-order valence-electron chi connectivity index (χ4n) is 3.73. The third-order valence-electron chi connectivity index (χ3n) is 5.39. The van der Waals surface area contributed by atoms with Gasteiger partial charge < -0.3 is 40.5 Å². The van der Waals surface area contributed by atoms with Gasteiger partial charge in [0.15, 0.2) is 0 Å². The van der Waals surface area contributed by atoms with Crippen LogP contribution in [-0.4, -0.2) is 59.4 Å². The van der Waals surface area contributed by atoms with Crippen molar-refractivity contribution >= 4 is 35.0 Å². The van der Waals surface area contributed by atoms with E-state index < -0.39 is 59.1 Å². The molecule has 3 unspecified atom stereocenters. The zero-order valence-corrected chi connectivity index (χ0v) is 23.5. The first kappa shape index (κ1) is 33.1. The van der Waals surface area contributed by atoms with Crippen LogP contribution in [0.15, 0.2) is 35.3 Å². The summed E-state index contributed by atoms with van der Waals surface area (Å²) >= 11 is 0. The van der Waals surface area contributed by atoms with Crippen molar-refractivity contribution in [3.63, 3.8) is 0 Å². The molecule has 8 N–H and O–H groups in total. The van der Waals surface area contributed by atoms with Crippen LogP contribution < -0.4 is 17.2 Å². The molecule has 1 aliphatic rings. The first-order chi connectivity index (χ1) is 19.0. The van der Waals surface area contributed by atoms with Gasteiger partial charge in [-0.25, -0.2) is 18.5 Å². The monoisotopic (exact) mass is 645 g/mol. The smallest absolute Gasteiger partial charge is 0.383 e. The van der Waals surface area contributed by atoms with Crippen molar-refractivity contribution in [3.05, 3.63) is 62.2 Å². The molecule has 0 amide bonds. The topological polar surface area (TPSA) is 308 Å². The number of nitrogens with zero attached hydrogens (tertiary/aromatic N) is 3. The Morgan fingerprint density at radius 2 is 1.85 bits per heavy atom. The van der Waals surface area contributed by atoms with Crippen molar-refractivity contribution in [2.24, 2.45) is 5.73 Å². The lowest BCUT2D eigenvalue weighted by atomic mass is 10.1. The third-order valence-corrected chi connectivity index (χ3v) is 9.20. The molecule has 0 radical (unpaired) electrons. The van der Waals surface area contributed by atoms with Gasteiger partial charge in [-0.15, -0.1) is 0 Å². The summed E-state index contributed by atoms with van der Waals surface area (Å²) in [4.78, 5) is 63.3. The van der Waals surface area contributed by atoms with Crippen LogP contribution >= 0.6 is 23.5 Å². The van der Waals surface area contributed by atoms with Crippen LogP contribution in [0, 0.1) is 10.1 Å². The molecule has 23 heteroatoms. The fraction of sp³-hybridized carbons (Fsp3) is 0.444. The molecule has 1 saturated heterocycles. The second kappa shape index (κ2) is 13.3. The molecule has 2 heterocycles. The number of anilines is 1. The molecule has 5 atom stereocenters. The van der Waals surface area contributed by atoms with E-state index in [0.29, 0.717) is 12.0 Å². The van der Waals surface area contributed by atoms with E-state index >= 15 is 0 Å². The van der Waals surface area contributed by atoms with Crippen molar-refractivity contribution in [2.45, 2.75) is 37.9 Å². The Labute approximate surface area is 230 Å². The number of nitro benzene ring substituents is 1. The van der Waals surface area contributed by atoms with Crippen LogP contribution in [0.4, 0.5) is 11.5 Å². The van der Waals surface area contributed by atoms with Crippen LogP contribution in [0.25, 0.3) is 0 Å². The summed E-state index contributed by atoms with van der Waals surface area (Å²) in [7, 11) is -16.9. The number of benzene rings is 1. The highest BCUT2D eigenvalue weighted by molar-refractivity contribution is 7.66. The second-order valence-corrected chi connectivity index (χ2v) is 12.8. The highest BCUT2D eigenvalue weighted by Gasteiger charge is 2.43. The molecule has 0 aliphatic carbocycles. The molecule has 1 fully saturated rings. The van der Waals surface area contributed by atoms with Crippen molar-refractivity contribution in [3.8, 4) is 0 Å². The van der Waals surface area contributed by atoms with Gasteiger partial charge in [0, 0.05) is 18.7 Å². The highest BCUT2D eigenvalue weighted by Crippen LogP contribution is 2.66. The Kier molecular flexibility index (Phi) is 10.7. The quantitative estimate of drug-likeness (QED) is 0.0922. The predicted molar refractivity (Wildman–Crippen MR) is 136 cm³/mol. The molecule has 0 saturated carbocycles. The van der Waals surface area contributed by atoms with Gasteiger partial charge in [0.2, 0.25) is 0 Å². The summed E-state index contributed by atoms with van der Waals surface area (Å²) in [5, 5.41) is 11.6. The van der Waals surface area contributed by atoms with Crippen molar-refractivity contribution < 1.29 is 60.8 Å². The number of phosphoric acid groups is 3. The summed E-state index contributed by atoms with van der Waals surface area (Å²) in [6.45, 7) is -0.968. The van der Waals surface area contributed by atoms with Gasteiger partial charge in [-0.3, -0.25) is 19.2 Å². The molecule has 3 rings (SSSR count). The van der Waals surface area contributed by atoms with Crippen molar-refractivity contribution in [1.82, 2.24) is 9.55 Å². The maximum atomic E-state index is 12.3. The summed E-state index contributed by atoms with van der Waals surface area (Å²) in [6, 6.07) is 5.73. The van der Waals surface area contributed by atoms with Gasteiger partial charge >= 0.3 is 29.2 Å². The van der Waals surface area contributed by atoms with Gasteiger partial charge in [0.05, 0.1) is 29.8 Å². The lowest BCUT2D eigenvalue weighted by molar-refractivity contribution is -0.386. The van der Waals surface area contributed by atoms with Crippen LogP contribution in [0.2, 0.25) is 0 Å². The minimum Gasteiger partial charge on any atom is -0.383 e. The van der Waals surface area contributed by atoms with E-state index in [-0.39, 0.29) is 36.6 Å². The lowest BCUT2D eigenvalue weighted by Crippen LogP contribution is -2.29. The molecule has 20 nitrogen and oxygen atoms in total. The van der Waals surface area contributed by atoms with Crippen LogP contribution in [0.3, 0.4) is 0 Å². The Morgan fingerprint density at radius 1 is 1.15 bits per heavy atom. The Bertz CT molecular complexity index is 1470. The summed E-state index contributed by atoms with van der Waals surface area (Å²) in [5.74, 6) is -0.0772. The number of nitrogens with two attached hydrogens (primary N) is 2. The van der Waals surface area contributed by atoms with Gasteiger partial charge in [-0.05, 0) is 30.7 Å². The highest BCUT2D eigenvalue weighted by atomic mass is 31.3. The van der Waals surface area contributed by atoms with Crippen molar-refractivity contribution in [1.29, 1.82) is 0 Å². The second-order valence-electron chi connectivity index (χ2n) is 8.40. The normalized spacial score (nSPS) is 22.2.